The molecular weight excluding hydrogens is 254 g/mol. The minimum Gasteiger partial charge on any atom is -0.465 e. The molecule has 1 N–H and O–H groups in total. The van der Waals surface area contributed by atoms with Crippen molar-refractivity contribution in [2.75, 3.05) is 23.6 Å². The van der Waals surface area contributed by atoms with Gasteiger partial charge in [-0.1, -0.05) is 15.9 Å². The third-order valence-electron chi connectivity index (χ3n) is 1.77. The van der Waals surface area contributed by atoms with Gasteiger partial charge in [0.2, 0.25) is 0 Å². The molecule has 3 nitrogen and oxygen atoms in total. The van der Waals surface area contributed by atoms with Crippen LogP contribution in [-0.4, -0.2) is 35.6 Å². The number of halogens is 1. The largest absolute Gasteiger partial charge is 0.465 e. The molecule has 0 amide bonds. The Labute approximate surface area is 91.1 Å². The molecule has 0 saturated carbocycles. The van der Waals surface area contributed by atoms with Gasteiger partial charge in [-0.2, -0.15) is 0 Å². The van der Waals surface area contributed by atoms with Crippen molar-refractivity contribution in [1.29, 1.82) is 0 Å². The van der Waals surface area contributed by atoms with Crippen LogP contribution >= 0.6 is 27.7 Å². The van der Waals surface area contributed by atoms with Crippen LogP contribution in [0.15, 0.2) is 0 Å². The molecule has 0 spiro atoms. The highest BCUT2D eigenvalue weighted by Crippen LogP contribution is 2.10. The van der Waals surface area contributed by atoms with E-state index in [0.717, 1.165) is 29.8 Å². The summed E-state index contributed by atoms with van der Waals surface area (Å²) in [7, 11) is 0. The van der Waals surface area contributed by atoms with Crippen molar-refractivity contribution in [2.24, 2.45) is 0 Å². The van der Waals surface area contributed by atoms with Crippen molar-refractivity contribution < 1.29 is 9.53 Å². The van der Waals surface area contributed by atoms with Crippen molar-refractivity contribution in [1.82, 2.24) is 5.32 Å². The summed E-state index contributed by atoms with van der Waals surface area (Å²) in [5.74, 6) is 1.61. The zero-order chi connectivity index (χ0) is 9.52. The first-order valence-corrected chi connectivity index (χ1v) is 6.66. The number of hydrogen-bond acceptors (Lipinski definition) is 4. The number of carbonyl (C=O) groups excluding carboxylic acids is 1. The predicted molar refractivity (Wildman–Crippen MR) is 58.2 cm³/mol. The van der Waals surface area contributed by atoms with Crippen LogP contribution in [0.1, 0.15) is 12.8 Å². The van der Waals surface area contributed by atoms with Crippen LogP contribution in [0.25, 0.3) is 0 Å². The van der Waals surface area contributed by atoms with Crippen molar-refractivity contribution in [3.63, 3.8) is 0 Å². The van der Waals surface area contributed by atoms with E-state index >= 15 is 0 Å². The molecule has 0 aromatic rings. The molecule has 0 aromatic heterocycles. The number of rotatable bonds is 5. The lowest BCUT2D eigenvalue weighted by Gasteiger charge is -2.08. The zero-order valence-corrected chi connectivity index (χ0v) is 9.83. The average molecular weight is 268 g/mol. The Morgan fingerprint density at radius 3 is 3.08 bits per heavy atom. The second-order valence-corrected chi connectivity index (χ2v) is 4.66. The summed E-state index contributed by atoms with van der Waals surface area (Å²) in [4.78, 5) is 11.3. The number of nitrogens with one attached hydrogen (secondary N) is 1. The van der Waals surface area contributed by atoms with Crippen LogP contribution in [-0.2, 0) is 9.53 Å². The van der Waals surface area contributed by atoms with E-state index in [-0.39, 0.29) is 12.0 Å². The van der Waals surface area contributed by atoms with Crippen molar-refractivity contribution in [2.45, 2.75) is 18.9 Å². The van der Waals surface area contributed by atoms with Gasteiger partial charge in [0.15, 0.2) is 0 Å². The molecule has 0 radical (unpaired) electrons. The molecule has 1 saturated heterocycles. The van der Waals surface area contributed by atoms with Gasteiger partial charge in [-0.3, -0.25) is 10.1 Å². The van der Waals surface area contributed by atoms with Crippen LogP contribution < -0.4 is 5.32 Å². The number of hydrogen-bond donors (Lipinski definition) is 1. The van der Waals surface area contributed by atoms with Crippen LogP contribution in [0.4, 0.5) is 0 Å². The third kappa shape index (κ3) is 4.33. The van der Waals surface area contributed by atoms with E-state index < -0.39 is 0 Å². The molecule has 5 heteroatoms. The maximum atomic E-state index is 11.3. The van der Waals surface area contributed by atoms with Crippen LogP contribution in [0.5, 0.6) is 0 Å². The Bertz CT molecular complexity index is 162. The van der Waals surface area contributed by atoms with Gasteiger partial charge in [0.25, 0.3) is 0 Å². The molecule has 0 bridgehead atoms. The topological polar surface area (TPSA) is 38.3 Å². The number of thioether (sulfide) groups is 1. The summed E-state index contributed by atoms with van der Waals surface area (Å²) in [6, 6.07) is -0.0750. The molecule has 1 atom stereocenters. The van der Waals surface area contributed by atoms with Crippen molar-refractivity contribution in [3.05, 3.63) is 0 Å². The van der Waals surface area contributed by atoms with Crippen LogP contribution in [0, 0.1) is 0 Å². The number of ether oxygens (including phenoxy) is 1. The lowest BCUT2D eigenvalue weighted by molar-refractivity contribution is -0.145. The predicted octanol–water partition coefficient (Wildman–Crippen LogP) is 1.37. The molecule has 0 aromatic carbocycles. The molecule has 1 unspecified atom stereocenters. The van der Waals surface area contributed by atoms with Crippen LogP contribution in [0.3, 0.4) is 0 Å². The van der Waals surface area contributed by atoms with E-state index in [1.807, 2.05) is 0 Å². The Morgan fingerprint density at radius 2 is 2.46 bits per heavy atom. The molecule has 1 rings (SSSR count). The van der Waals surface area contributed by atoms with Gasteiger partial charge in [-0.25, -0.2) is 0 Å². The lowest BCUT2D eigenvalue weighted by atomic mass is 10.3. The van der Waals surface area contributed by atoms with Gasteiger partial charge in [-0.05, 0) is 12.8 Å². The lowest BCUT2D eigenvalue weighted by Crippen LogP contribution is -2.34. The molecule has 1 aliphatic heterocycles. The Morgan fingerprint density at radius 1 is 1.62 bits per heavy atom. The first-order chi connectivity index (χ1) is 6.34. The molecule has 76 valence electrons. The summed E-state index contributed by atoms with van der Waals surface area (Å²) in [5.41, 5.74) is 0. The van der Waals surface area contributed by atoms with Gasteiger partial charge in [-0.15, -0.1) is 11.8 Å². The minimum absolute atomic E-state index is 0.0750. The van der Waals surface area contributed by atoms with E-state index in [1.54, 1.807) is 11.8 Å². The van der Waals surface area contributed by atoms with Gasteiger partial charge in [0.05, 0.1) is 6.61 Å². The maximum absolute atomic E-state index is 11.3. The van der Waals surface area contributed by atoms with Crippen molar-refractivity contribution in [3.8, 4) is 0 Å². The Balaban J connectivity index is 2.03. The SMILES string of the molecule is O=C(OCCCCBr)C1CSCN1. The zero-order valence-electron chi connectivity index (χ0n) is 7.42. The molecule has 1 aliphatic rings. The summed E-state index contributed by atoms with van der Waals surface area (Å²) in [6.07, 6.45) is 2.00. The van der Waals surface area contributed by atoms with Gasteiger partial charge in [0.1, 0.15) is 6.04 Å². The molecule has 0 aliphatic carbocycles. The van der Waals surface area contributed by atoms with E-state index in [1.165, 1.54) is 0 Å². The average Bonchev–Trinajstić information content (AvgIpc) is 2.65. The van der Waals surface area contributed by atoms with Crippen LogP contribution in [0.2, 0.25) is 0 Å². The van der Waals surface area contributed by atoms with Gasteiger partial charge >= 0.3 is 5.97 Å². The first kappa shape index (κ1) is 11.3. The summed E-state index contributed by atoms with van der Waals surface area (Å²) >= 11 is 5.06. The second-order valence-electron chi connectivity index (χ2n) is 2.84. The smallest absolute Gasteiger partial charge is 0.324 e. The molecule has 1 fully saturated rings. The normalized spacial score (nSPS) is 21.8. The fourth-order valence-electron chi connectivity index (χ4n) is 1.02. The summed E-state index contributed by atoms with van der Waals surface area (Å²) in [5, 5.41) is 4.05. The Hall–Kier alpha value is 0.260. The number of alkyl halides is 1. The fraction of sp³-hybridized carbons (Fsp3) is 0.875. The monoisotopic (exact) mass is 267 g/mol. The maximum Gasteiger partial charge on any atom is 0.324 e. The quantitative estimate of drug-likeness (QED) is 0.464. The molecular formula is C8H14BrNO2S. The molecule has 13 heavy (non-hydrogen) atoms. The standard InChI is InChI=1S/C8H14BrNO2S/c9-3-1-2-4-12-8(11)7-5-13-6-10-7/h7,10H,1-6H2. The number of unbranched alkanes of at least 4 members (excludes halogenated alkanes) is 1. The minimum atomic E-state index is -0.0976. The first-order valence-electron chi connectivity index (χ1n) is 4.38. The highest BCUT2D eigenvalue weighted by molar-refractivity contribution is 9.09. The van der Waals surface area contributed by atoms with E-state index in [4.69, 9.17) is 4.74 Å². The van der Waals surface area contributed by atoms with E-state index in [9.17, 15) is 4.79 Å². The van der Waals surface area contributed by atoms with E-state index in [2.05, 4.69) is 21.2 Å². The van der Waals surface area contributed by atoms with Gasteiger partial charge in [0, 0.05) is 17.0 Å². The highest BCUT2D eigenvalue weighted by atomic mass is 79.9. The third-order valence-corrected chi connectivity index (χ3v) is 3.27. The fourth-order valence-corrected chi connectivity index (χ4v) is 2.34. The van der Waals surface area contributed by atoms with E-state index in [0.29, 0.717) is 6.61 Å². The number of esters is 1. The molecule has 1 heterocycles. The summed E-state index contributed by atoms with van der Waals surface area (Å²) in [6.45, 7) is 0.549. The summed E-state index contributed by atoms with van der Waals surface area (Å²) < 4.78 is 5.09. The number of carbonyl (C=O) groups is 1. The van der Waals surface area contributed by atoms with Crippen molar-refractivity contribution >= 4 is 33.7 Å². The Kier molecular flexibility index (Phi) is 5.82. The highest BCUT2D eigenvalue weighted by Gasteiger charge is 2.23. The second kappa shape index (κ2) is 6.68. The van der Waals surface area contributed by atoms with Gasteiger partial charge < -0.3 is 4.74 Å².